The summed E-state index contributed by atoms with van der Waals surface area (Å²) in [7, 11) is 1.23. The fourth-order valence-corrected chi connectivity index (χ4v) is 3.98. The molecule has 0 heterocycles. The van der Waals surface area contributed by atoms with Gasteiger partial charge in [-0.05, 0) is 48.2 Å². The fraction of sp³-hybridized carbons (Fsp3) is 0.296. The summed E-state index contributed by atoms with van der Waals surface area (Å²) in [6.07, 6.45) is -2.35. The molecule has 0 saturated heterocycles. The first kappa shape index (κ1) is 26.2. The van der Waals surface area contributed by atoms with E-state index in [0.29, 0.717) is 17.4 Å². The predicted octanol–water partition coefficient (Wildman–Crippen LogP) is 7.66. The molecule has 0 radical (unpaired) electrons. The Morgan fingerprint density at radius 2 is 1.43 bits per heavy atom. The van der Waals surface area contributed by atoms with Gasteiger partial charge in [-0.2, -0.15) is 0 Å². The second-order valence-electron chi connectivity index (χ2n) is 7.84. The number of carbonyl (C=O) groups excluding carboxylic acids is 1. The normalized spacial score (nSPS) is 15.9. The van der Waals surface area contributed by atoms with E-state index in [-0.39, 0.29) is 35.1 Å². The van der Waals surface area contributed by atoms with E-state index < -0.39 is 35.1 Å². The van der Waals surface area contributed by atoms with Gasteiger partial charge in [0.25, 0.3) is 0 Å². The highest BCUT2D eigenvalue weighted by Crippen LogP contribution is 2.52. The smallest absolute Gasteiger partial charge is 0.171 e. The van der Waals surface area contributed by atoms with Crippen LogP contribution in [-0.4, -0.2) is 20.0 Å². The monoisotopic (exact) mass is 492 g/mol. The molecule has 4 rings (SSSR count). The van der Waals surface area contributed by atoms with E-state index in [1.165, 1.54) is 37.4 Å². The first-order valence-corrected chi connectivity index (χ1v) is 11.1. The Morgan fingerprint density at radius 1 is 0.857 bits per heavy atom. The van der Waals surface area contributed by atoms with Crippen molar-refractivity contribution in [2.75, 3.05) is 13.7 Å². The van der Waals surface area contributed by atoms with Crippen LogP contribution in [0.25, 0.3) is 11.1 Å². The van der Waals surface area contributed by atoms with Crippen LogP contribution in [0.5, 0.6) is 11.5 Å². The van der Waals surface area contributed by atoms with E-state index in [1.54, 1.807) is 19.1 Å². The van der Waals surface area contributed by atoms with Gasteiger partial charge in [-0.1, -0.05) is 37.6 Å². The quantitative estimate of drug-likeness (QED) is 0.262. The lowest BCUT2D eigenvalue weighted by Crippen LogP contribution is -2.16. The van der Waals surface area contributed by atoms with Crippen molar-refractivity contribution in [3.05, 3.63) is 82.2 Å². The molecule has 8 heteroatoms. The molecule has 3 aromatic rings. The summed E-state index contributed by atoms with van der Waals surface area (Å²) >= 11 is 0. The number of benzene rings is 3. The summed E-state index contributed by atoms with van der Waals surface area (Å²) in [5.74, 6) is -2.55. The standard InChI is InChI=1S/C17H14F4O2.C10H11FO/c1-3-23-11-7-5-9-8-4-6-10(22-2)14(18)12(8)16(20)17(21)13(9)15(11)19;1-2-3-9-5-4-8(7-12)6-10(9)11/h4-7,16-17H,3H2,1-2H3;4-7H,2-3H2,1H3. The van der Waals surface area contributed by atoms with Gasteiger partial charge in [-0.3, -0.25) is 4.79 Å². The molecule has 0 amide bonds. The van der Waals surface area contributed by atoms with Crippen molar-refractivity contribution in [3.63, 3.8) is 0 Å². The molecule has 0 spiro atoms. The summed E-state index contributed by atoms with van der Waals surface area (Å²) in [6, 6.07) is 10.0. The third kappa shape index (κ3) is 5.16. The maximum Gasteiger partial charge on any atom is 0.171 e. The van der Waals surface area contributed by atoms with Gasteiger partial charge >= 0.3 is 0 Å². The Morgan fingerprint density at radius 3 is 1.91 bits per heavy atom. The van der Waals surface area contributed by atoms with Crippen LogP contribution in [0.1, 0.15) is 59.7 Å². The Labute approximate surface area is 200 Å². The van der Waals surface area contributed by atoms with Gasteiger partial charge in [0.2, 0.25) is 0 Å². The third-order valence-electron chi connectivity index (χ3n) is 5.64. The van der Waals surface area contributed by atoms with E-state index in [0.717, 1.165) is 12.8 Å². The minimum absolute atomic E-state index is 0.113. The number of hydrogen-bond donors (Lipinski definition) is 0. The lowest BCUT2D eigenvalue weighted by molar-refractivity contribution is 0.112. The molecule has 186 valence electrons. The SMILES string of the molecule is CCCc1ccc(C=O)cc1F.CCOc1ccc2c(c1F)C(F)C(F)c1c-2ccc(OC)c1F. The minimum Gasteiger partial charge on any atom is -0.494 e. The summed E-state index contributed by atoms with van der Waals surface area (Å²) < 4.78 is 80.6. The predicted molar refractivity (Wildman–Crippen MR) is 123 cm³/mol. The number of ether oxygens (including phenoxy) is 2. The Kier molecular flexibility index (Phi) is 8.48. The zero-order valence-corrected chi connectivity index (χ0v) is 19.5. The molecule has 0 saturated carbocycles. The summed E-state index contributed by atoms with van der Waals surface area (Å²) in [4.78, 5) is 10.3. The van der Waals surface area contributed by atoms with Crippen LogP contribution in [0.4, 0.5) is 22.0 Å². The molecule has 3 aromatic carbocycles. The number of fused-ring (bicyclic) bond motifs is 3. The molecule has 3 nitrogen and oxygen atoms in total. The maximum atomic E-state index is 14.5. The van der Waals surface area contributed by atoms with Gasteiger partial charge in [0.1, 0.15) is 12.1 Å². The van der Waals surface area contributed by atoms with Gasteiger partial charge < -0.3 is 9.47 Å². The zero-order chi connectivity index (χ0) is 25.7. The highest BCUT2D eigenvalue weighted by atomic mass is 19.2. The van der Waals surface area contributed by atoms with Crippen LogP contribution in [-0.2, 0) is 6.42 Å². The molecule has 0 aliphatic heterocycles. The van der Waals surface area contributed by atoms with Crippen molar-refractivity contribution in [1.29, 1.82) is 0 Å². The van der Waals surface area contributed by atoms with Crippen LogP contribution >= 0.6 is 0 Å². The molecule has 1 aliphatic rings. The van der Waals surface area contributed by atoms with Crippen molar-refractivity contribution in [1.82, 2.24) is 0 Å². The second-order valence-corrected chi connectivity index (χ2v) is 7.84. The van der Waals surface area contributed by atoms with E-state index in [1.807, 2.05) is 6.92 Å². The molecule has 2 unspecified atom stereocenters. The Hall–Kier alpha value is -3.42. The van der Waals surface area contributed by atoms with Gasteiger partial charge in [-0.15, -0.1) is 0 Å². The third-order valence-corrected chi connectivity index (χ3v) is 5.64. The first-order chi connectivity index (χ1) is 16.8. The summed E-state index contributed by atoms with van der Waals surface area (Å²) in [6.45, 7) is 3.84. The highest BCUT2D eigenvalue weighted by molar-refractivity contribution is 5.77. The number of alkyl halides is 2. The summed E-state index contributed by atoms with van der Waals surface area (Å²) in [5, 5.41) is 0. The van der Waals surface area contributed by atoms with E-state index in [4.69, 9.17) is 9.47 Å². The number of hydrogen-bond acceptors (Lipinski definition) is 3. The summed E-state index contributed by atoms with van der Waals surface area (Å²) in [5.41, 5.74) is 0.412. The first-order valence-electron chi connectivity index (χ1n) is 11.1. The Bertz CT molecular complexity index is 1210. The number of halogens is 5. The van der Waals surface area contributed by atoms with Crippen molar-refractivity contribution in [3.8, 4) is 22.6 Å². The van der Waals surface area contributed by atoms with Crippen molar-refractivity contribution < 1.29 is 36.2 Å². The van der Waals surface area contributed by atoms with Crippen LogP contribution in [0.3, 0.4) is 0 Å². The zero-order valence-electron chi connectivity index (χ0n) is 19.5. The van der Waals surface area contributed by atoms with Crippen LogP contribution in [0.2, 0.25) is 0 Å². The number of carbonyl (C=O) groups is 1. The fourth-order valence-electron chi connectivity index (χ4n) is 3.98. The number of methoxy groups -OCH3 is 1. The van der Waals surface area contributed by atoms with Gasteiger partial charge in [0.15, 0.2) is 35.5 Å². The van der Waals surface area contributed by atoms with E-state index in [2.05, 4.69) is 0 Å². The van der Waals surface area contributed by atoms with Crippen molar-refractivity contribution in [2.24, 2.45) is 0 Å². The molecule has 2 atom stereocenters. The maximum absolute atomic E-state index is 14.5. The molecule has 0 bridgehead atoms. The van der Waals surface area contributed by atoms with Crippen molar-refractivity contribution in [2.45, 2.75) is 39.0 Å². The van der Waals surface area contributed by atoms with Crippen molar-refractivity contribution >= 4 is 6.29 Å². The second kappa shape index (κ2) is 11.3. The number of aryl methyl sites for hydroxylation is 1. The molecule has 1 aliphatic carbocycles. The van der Waals surface area contributed by atoms with Gasteiger partial charge in [-0.25, -0.2) is 22.0 Å². The van der Waals surface area contributed by atoms with Gasteiger partial charge in [0.05, 0.1) is 13.7 Å². The van der Waals surface area contributed by atoms with E-state index >= 15 is 0 Å². The Balaban J connectivity index is 0.000000241. The van der Waals surface area contributed by atoms with Crippen LogP contribution in [0.15, 0.2) is 42.5 Å². The lowest BCUT2D eigenvalue weighted by atomic mass is 9.82. The molecular formula is C27H25F5O3. The average Bonchev–Trinajstić information content (AvgIpc) is 2.85. The topological polar surface area (TPSA) is 35.5 Å². The molecular weight excluding hydrogens is 467 g/mol. The molecule has 0 aromatic heterocycles. The average molecular weight is 492 g/mol. The lowest BCUT2D eigenvalue weighted by Gasteiger charge is -2.28. The highest BCUT2D eigenvalue weighted by Gasteiger charge is 2.40. The van der Waals surface area contributed by atoms with Gasteiger partial charge in [0, 0.05) is 16.7 Å². The molecule has 0 N–H and O–H groups in total. The number of rotatable bonds is 6. The van der Waals surface area contributed by atoms with Crippen LogP contribution in [0, 0.1) is 17.5 Å². The van der Waals surface area contributed by atoms with Crippen LogP contribution < -0.4 is 9.47 Å². The molecule has 0 fully saturated rings. The largest absolute Gasteiger partial charge is 0.494 e. The number of aldehydes is 1. The minimum atomic E-state index is -2.32. The van der Waals surface area contributed by atoms with E-state index in [9.17, 15) is 26.7 Å². The molecule has 35 heavy (non-hydrogen) atoms.